The van der Waals surface area contributed by atoms with Gasteiger partial charge in [-0.3, -0.25) is 19.9 Å². The van der Waals surface area contributed by atoms with E-state index in [9.17, 15) is 0 Å². The van der Waals surface area contributed by atoms with Gasteiger partial charge in [-0.05, 0) is 83.9 Å². The molecule has 6 heteroatoms. The quantitative estimate of drug-likeness (QED) is 0.294. The van der Waals surface area contributed by atoms with Crippen LogP contribution in [0.5, 0.6) is 0 Å². The largest absolute Gasteiger partial charge is 0.255 e. The summed E-state index contributed by atoms with van der Waals surface area (Å²) in [6.07, 6.45) is 7.09. The van der Waals surface area contributed by atoms with Crippen LogP contribution < -0.4 is 0 Å². The maximum absolute atomic E-state index is 4.90. The van der Waals surface area contributed by atoms with Crippen molar-refractivity contribution in [2.24, 2.45) is 0 Å². The molecule has 0 aromatic carbocycles. The highest BCUT2D eigenvalue weighted by Crippen LogP contribution is 2.32. The molecule has 6 aromatic heterocycles. The molecule has 6 aromatic rings. The first kappa shape index (κ1) is 21.4. The third-order valence-electron chi connectivity index (χ3n) is 5.69. The third-order valence-corrected chi connectivity index (χ3v) is 5.69. The second-order valence-electron chi connectivity index (χ2n) is 8.11. The molecule has 0 bridgehead atoms. The number of rotatable bonds is 5. The molecule has 0 aliphatic carbocycles. The lowest BCUT2D eigenvalue weighted by molar-refractivity contribution is 1.21. The van der Waals surface area contributed by atoms with Crippen LogP contribution in [0.2, 0.25) is 0 Å². The molecular weight excluding hydrogens is 444 g/mol. The molecule has 0 fully saturated rings. The van der Waals surface area contributed by atoms with Crippen LogP contribution in [0.3, 0.4) is 0 Å². The highest BCUT2D eigenvalue weighted by molar-refractivity contribution is 5.79. The molecule has 0 aliphatic heterocycles. The van der Waals surface area contributed by atoms with E-state index < -0.39 is 0 Å². The standard InChI is InChI=1S/C30H20N6/c1-5-13-31-23(9-1)27-17-21(18-28(35-27)24-10-2-6-14-32-24)22-19-29(25-11-3-7-15-33-25)36-30(20-22)26-12-4-8-16-34-26/h1-20H. The molecule has 0 amide bonds. The van der Waals surface area contributed by atoms with Crippen LogP contribution >= 0.6 is 0 Å². The highest BCUT2D eigenvalue weighted by Gasteiger charge is 2.14. The Kier molecular flexibility index (Phi) is 5.74. The first-order valence-electron chi connectivity index (χ1n) is 11.5. The van der Waals surface area contributed by atoms with E-state index in [1.807, 2.05) is 72.8 Å². The summed E-state index contributed by atoms with van der Waals surface area (Å²) in [6.45, 7) is 0. The second-order valence-corrected chi connectivity index (χ2v) is 8.11. The number of hydrogen-bond acceptors (Lipinski definition) is 6. The molecule has 0 unspecified atom stereocenters. The van der Waals surface area contributed by atoms with Gasteiger partial charge in [0.25, 0.3) is 0 Å². The minimum atomic E-state index is 0.768. The summed E-state index contributed by atoms with van der Waals surface area (Å²) < 4.78 is 0. The normalized spacial score (nSPS) is 10.8. The van der Waals surface area contributed by atoms with E-state index >= 15 is 0 Å². The minimum Gasteiger partial charge on any atom is -0.255 e. The van der Waals surface area contributed by atoms with Crippen LogP contribution in [0.4, 0.5) is 0 Å². The van der Waals surface area contributed by atoms with E-state index in [0.717, 1.165) is 56.7 Å². The van der Waals surface area contributed by atoms with Gasteiger partial charge in [0, 0.05) is 24.8 Å². The Morgan fingerprint density at radius 1 is 0.306 bits per heavy atom. The average molecular weight is 465 g/mol. The fourth-order valence-corrected chi connectivity index (χ4v) is 3.98. The fourth-order valence-electron chi connectivity index (χ4n) is 3.98. The van der Waals surface area contributed by atoms with Crippen LogP contribution in [0.1, 0.15) is 0 Å². The topological polar surface area (TPSA) is 77.3 Å². The van der Waals surface area contributed by atoms with E-state index in [0.29, 0.717) is 0 Å². The van der Waals surface area contributed by atoms with Crippen LogP contribution in [-0.2, 0) is 0 Å². The Morgan fingerprint density at radius 2 is 0.583 bits per heavy atom. The summed E-state index contributed by atoms with van der Waals surface area (Å²) in [6, 6.07) is 31.5. The lowest BCUT2D eigenvalue weighted by atomic mass is 10.0. The zero-order chi connectivity index (χ0) is 24.2. The van der Waals surface area contributed by atoms with Crippen molar-refractivity contribution in [2.45, 2.75) is 0 Å². The highest BCUT2D eigenvalue weighted by atomic mass is 14.8. The van der Waals surface area contributed by atoms with Gasteiger partial charge in [-0.2, -0.15) is 0 Å². The molecule has 6 nitrogen and oxygen atoms in total. The first-order valence-corrected chi connectivity index (χ1v) is 11.5. The van der Waals surface area contributed by atoms with Crippen molar-refractivity contribution < 1.29 is 0 Å². The molecule has 0 spiro atoms. The summed E-state index contributed by atoms with van der Waals surface area (Å²) in [5.74, 6) is 0. The molecule has 0 saturated heterocycles. The van der Waals surface area contributed by atoms with Crippen molar-refractivity contribution in [3.05, 3.63) is 122 Å². The zero-order valence-corrected chi connectivity index (χ0v) is 19.2. The van der Waals surface area contributed by atoms with Gasteiger partial charge >= 0.3 is 0 Å². The summed E-state index contributed by atoms with van der Waals surface area (Å²) in [5, 5.41) is 0. The van der Waals surface area contributed by atoms with Crippen LogP contribution in [0, 0.1) is 0 Å². The SMILES string of the molecule is c1ccc(-c2cc(-c3cc(-c4ccccn4)nc(-c4ccccn4)c3)cc(-c3ccccn3)n2)nc1. The van der Waals surface area contributed by atoms with Crippen LogP contribution in [0.25, 0.3) is 56.7 Å². The zero-order valence-electron chi connectivity index (χ0n) is 19.2. The van der Waals surface area contributed by atoms with Gasteiger partial charge < -0.3 is 0 Å². The van der Waals surface area contributed by atoms with E-state index in [4.69, 9.17) is 9.97 Å². The number of aromatic nitrogens is 6. The molecule has 6 heterocycles. The lowest BCUT2D eigenvalue weighted by Crippen LogP contribution is -1.96. The van der Waals surface area contributed by atoms with Crippen LogP contribution in [-0.4, -0.2) is 29.9 Å². The minimum absolute atomic E-state index is 0.768. The van der Waals surface area contributed by atoms with E-state index in [1.165, 1.54) is 0 Å². The van der Waals surface area contributed by atoms with Gasteiger partial charge in [-0.1, -0.05) is 24.3 Å². The molecule has 0 radical (unpaired) electrons. The van der Waals surface area contributed by atoms with E-state index in [2.05, 4.69) is 44.2 Å². The molecule has 36 heavy (non-hydrogen) atoms. The van der Waals surface area contributed by atoms with Crippen molar-refractivity contribution in [3.8, 4) is 56.7 Å². The molecular formula is C30H20N6. The molecule has 0 saturated carbocycles. The summed E-state index contributed by atoms with van der Waals surface area (Å²) in [4.78, 5) is 27.9. The molecule has 0 N–H and O–H groups in total. The van der Waals surface area contributed by atoms with Gasteiger partial charge in [0.1, 0.15) is 0 Å². The Balaban J connectivity index is 1.58. The smallest absolute Gasteiger partial charge is 0.0900 e. The number of pyridine rings is 6. The van der Waals surface area contributed by atoms with E-state index in [1.54, 1.807) is 24.8 Å². The Morgan fingerprint density at radius 3 is 0.806 bits per heavy atom. The Bertz CT molecular complexity index is 1370. The summed E-state index contributed by atoms with van der Waals surface area (Å²) >= 11 is 0. The number of hydrogen-bond donors (Lipinski definition) is 0. The fraction of sp³-hybridized carbons (Fsp3) is 0. The second kappa shape index (κ2) is 9.64. The Labute approximate surface area is 208 Å². The maximum atomic E-state index is 4.90. The van der Waals surface area contributed by atoms with Crippen molar-refractivity contribution in [2.75, 3.05) is 0 Å². The van der Waals surface area contributed by atoms with Crippen LogP contribution in [0.15, 0.2) is 122 Å². The van der Waals surface area contributed by atoms with Gasteiger partial charge in [0.15, 0.2) is 0 Å². The van der Waals surface area contributed by atoms with Crippen molar-refractivity contribution >= 4 is 0 Å². The van der Waals surface area contributed by atoms with Crippen molar-refractivity contribution in [3.63, 3.8) is 0 Å². The monoisotopic (exact) mass is 464 g/mol. The van der Waals surface area contributed by atoms with Gasteiger partial charge in [-0.15, -0.1) is 0 Å². The lowest BCUT2D eigenvalue weighted by Gasteiger charge is -2.12. The van der Waals surface area contributed by atoms with E-state index in [-0.39, 0.29) is 0 Å². The predicted octanol–water partition coefficient (Wildman–Crippen LogP) is 6.39. The molecule has 0 atom stereocenters. The van der Waals surface area contributed by atoms with Gasteiger partial charge in [-0.25, -0.2) is 9.97 Å². The van der Waals surface area contributed by atoms with Gasteiger partial charge in [0.05, 0.1) is 45.6 Å². The summed E-state index contributed by atoms with van der Waals surface area (Å²) in [7, 11) is 0. The van der Waals surface area contributed by atoms with Crippen molar-refractivity contribution in [1.82, 2.24) is 29.9 Å². The van der Waals surface area contributed by atoms with Gasteiger partial charge in [0.2, 0.25) is 0 Å². The molecule has 6 rings (SSSR count). The molecule has 170 valence electrons. The maximum Gasteiger partial charge on any atom is 0.0900 e. The van der Waals surface area contributed by atoms with Crippen molar-refractivity contribution in [1.29, 1.82) is 0 Å². The number of nitrogens with zero attached hydrogens (tertiary/aromatic N) is 6. The average Bonchev–Trinajstić information content (AvgIpc) is 2.98. The predicted molar refractivity (Wildman–Crippen MR) is 140 cm³/mol. The summed E-state index contributed by atoms with van der Waals surface area (Å²) in [5.41, 5.74) is 8.19. The molecule has 0 aliphatic rings. The third kappa shape index (κ3) is 4.48. The Hall–Kier alpha value is -5.10. The first-order chi connectivity index (χ1) is 17.8.